The predicted octanol–water partition coefficient (Wildman–Crippen LogP) is 3.37. The van der Waals surface area contributed by atoms with Crippen LogP contribution in [0.1, 0.15) is 18.1 Å². The molecule has 0 spiro atoms. The van der Waals surface area contributed by atoms with E-state index in [0.717, 1.165) is 14.9 Å². The zero-order chi connectivity index (χ0) is 17.7. The summed E-state index contributed by atoms with van der Waals surface area (Å²) in [7, 11) is 0. The molecule has 0 aliphatic heterocycles. The number of halogens is 1. The van der Waals surface area contributed by atoms with E-state index >= 15 is 0 Å². The monoisotopic (exact) mass is 406 g/mol. The van der Waals surface area contributed by atoms with Gasteiger partial charge in [-0.3, -0.25) is 9.59 Å². The molecule has 0 bridgehead atoms. The Bertz CT molecular complexity index is 752. The lowest BCUT2D eigenvalue weighted by molar-refractivity contribution is -0.130. The standard InChI is InChI=1S/C18H19BrN2O2S/c1-12-10-14(19)8-9-15(12)24-11-16(22)21-18(2,17(20)23)13-6-4-3-5-7-13/h3-10H,11H2,1-2H3,(H2,20,23)(H,21,22)/t18-/m0/s1. The summed E-state index contributed by atoms with van der Waals surface area (Å²) in [6.45, 7) is 3.61. The van der Waals surface area contributed by atoms with Gasteiger partial charge >= 0.3 is 0 Å². The maximum atomic E-state index is 12.3. The Morgan fingerprint density at radius 3 is 2.46 bits per heavy atom. The first-order valence-corrected chi connectivity index (χ1v) is 9.16. The molecule has 0 aromatic heterocycles. The molecule has 0 fully saturated rings. The summed E-state index contributed by atoms with van der Waals surface area (Å²) in [4.78, 5) is 25.3. The van der Waals surface area contributed by atoms with Gasteiger partial charge in [0.15, 0.2) is 0 Å². The topological polar surface area (TPSA) is 72.2 Å². The smallest absolute Gasteiger partial charge is 0.247 e. The number of carbonyl (C=O) groups is 2. The molecule has 0 radical (unpaired) electrons. The van der Waals surface area contributed by atoms with Crippen molar-refractivity contribution in [2.45, 2.75) is 24.3 Å². The van der Waals surface area contributed by atoms with Gasteiger partial charge < -0.3 is 11.1 Å². The first-order chi connectivity index (χ1) is 11.3. The molecule has 0 aliphatic rings. The zero-order valence-corrected chi connectivity index (χ0v) is 15.9. The van der Waals surface area contributed by atoms with E-state index in [2.05, 4.69) is 21.2 Å². The number of rotatable bonds is 6. The second kappa shape index (κ2) is 7.85. The maximum Gasteiger partial charge on any atom is 0.247 e. The lowest BCUT2D eigenvalue weighted by Gasteiger charge is -2.28. The Morgan fingerprint density at radius 2 is 1.88 bits per heavy atom. The summed E-state index contributed by atoms with van der Waals surface area (Å²) >= 11 is 4.84. The highest BCUT2D eigenvalue weighted by atomic mass is 79.9. The summed E-state index contributed by atoms with van der Waals surface area (Å²) in [5.41, 5.74) is 6.05. The van der Waals surface area contributed by atoms with Crippen molar-refractivity contribution in [3.63, 3.8) is 0 Å². The summed E-state index contributed by atoms with van der Waals surface area (Å²) in [5.74, 6) is -0.627. The minimum atomic E-state index is -1.23. The van der Waals surface area contributed by atoms with Gasteiger partial charge in [-0.25, -0.2) is 0 Å². The average molecular weight is 407 g/mol. The second-order valence-electron chi connectivity index (χ2n) is 5.60. The fraction of sp³-hybridized carbons (Fsp3) is 0.222. The first kappa shape index (κ1) is 18.5. The number of nitrogens with two attached hydrogens (primary N) is 1. The molecule has 0 saturated heterocycles. The van der Waals surface area contributed by atoms with E-state index < -0.39 is 11.4 Å². The average Bonchev–Trinajstić information content (AvgIpc) is 2.54. The molecule has 24 heavy (non-hydrogen) atoms. The molecule has 2 aromatic carbocycles. The van der Waals surface area contributed by atoms with Crippen LogP contribution in [0.3, 0.4) is 0 Å². The number of hydrogen-bond donors (Lipinski definition) is 2. The number of carbonyl (C=O) groups excluding carboxylic acids is 2. The number of hydrogen-bond acceptors (Lipinski definition) is 3. The highest BCUT2D eigenvalue weighted by molar-refractivity contribution is 9.10. The fourth-order valence-electron chi connectivity index (χ4n) is 2.28. The third-order valence-electron chi connectivity index (χ3n) is 3.73. The predicted molar refractivity (Wildman–Crippen MR) is 101 cm³/mol. The molecule has 0 saturated carbocycles. The Hall–Kier alpha value is -1.79. The van der Waals surface area contributed by atoms with Crippen molar-refractivity contribution in [1.29, 1.82) is 0 Å². The molecule has 0 heterocycles. The minimum Gasteiger partial charge on any atom is -0.367 e. The van der Waals surface area contributed by atoms with Crippen LogP contribution in [0.25, 0.3) is 0 Å². The summed E-state index contributed by atoms with van der Waals surface area (Å²) in [5, 5.41) is 2.77. The molecule has 0 aliphatic carbocycles. The van der Waals surface area contributed by atoms with E-state index in [1.807, 2.05) is 43.3 Å². The van der Waals surface area contributed by atoms with Gasteiger partial charge in [-0.1, -0.05) is 46.3 Å². The molecule has 0 unspecified atom stereocenters. The number of amides is 2. The first-order valence-electron chi connectivity index (χ1n) is 7.38. The van der Waals surface area contributed by atoms with Crippen molar-refractivity contribution in [3.8, 4) is 0 Å². The van der Waals surface area contributed by atoms with Crippen LogP contribution in [0.2, 0.25) is 0 Å². The molecular weight excluding hydrogens is 388 g/mol. The summed E-state index contributed by atoms with van der Waals surface area (Å²) in [6.07, 6.45) is 0. The van der Waals surface area contributed by atoms with E-state index in [1.165, 1.54) is 11.8 Å². The van der Waals surface area contributed by atoms with Crippen LogP contribution >= 0.6 is 27.7 Å². The summed E-state index contributed by atoms with van der Waals surface area (Å²) < 4.78 is 0.999. The van der Waals surface area contributed by atoms with Crippen LogP contribution in [0.15, 0.2) is 57.9 Å². The molecule has 2 aromatic rings. The fourth-order valence-corrected chi connectivity index (χ4v) is 3.57. The number of aryl methyl sites for hydroxylation is 1. The van der Waals surface area contributed by atoms with Crippen molar-refractivity contribution < 1.29 is 9.59 Å². The van der Waals surface area contributed by atoms with Gasteiger partial charge in [0.05, 0.1) is 5.75 Å². The number of primary amides is 1. The van der Waals surface area contributed by atoms with E-state index in [9.17, 15) is 9.59 Å². The highest BCUT2D eigenvalue weighted by Gasteiger charge is 2.34. The molecule has 126 valence electrons. The third-order valence-corrected chi connectivity index (χ3v) is 5.40. The van der Waals surface area contributed by atoms with Gasteiger partial charge in [0.1, 0.15) is 5.54 Å². The lowest BCUT2D eigenvalue weighted by atomic mass is 9.91. The molecular formula is C18H19BrN2O2S. The Labute approximate surface area is 154 Å². The van der Waals surface area contributed by atoms with Crippen molar-refractivity contribution in [2.75, 3.05) is 5.75 Å². The van der Waals surface area contributed by atoms with E-state index in [-0.39, 0.29) is 11.7 Å². The van der Waals surface area contributed by atoms with Crippen molar-refractivity contribution >= 4 is 39.5 Å². The van der Waals surface area contributed by atoms with Gasteiger partial charge in [-0.15, -0.1) is 11.8 Å². The quantitative estimate of drug-likeness (QED) is 0.722. The highest BCUT2D eigenvalue weighted by Crippen LogP contribution is 2.26. The van der Waals surface area contributed by atoms with Gasteiger partial charge in [0, 0.05) is 9.37 Å². The Kier molecular flexibility index (Phi) is 6.07. The van der Waals surface area contributed by atoms with Crippen LogP contribution in [0.5, 0.6) is 0 Å². The van der Waals surface area contributed by atoms with Gasteiger partial charge in [-0.2, -0.15) is 0 Å². The van der Waals surface area contributed by atoms with Crippen molar-refractivity contribution in [2.24, 2.45) is 5.73 Å². The number of benzene rings is 2. The largest absolute Gasteiger partial charge is 0.367 e. The van der Waals surface area contributed by atoms with Crippen molar-refractivity contribution in [3.05, 3.63) is 64.1 Å². The molecule has 6 heteroatoms. The van der Waals surface area contributed by atoms with E-state index in [4.69, 9.17) is 5.73 Å². The summed E-state index contributed by atoms with van der Waals surface area (Å²) in [6, 6.07) is 14.9. The number of thioether (sulfide) groups is 1. The second-order valence-corrected chi connectivity index (χ2v) is 7.53. The SMILES string of the molecule is Cc1cc(Br)ccc1SCC(=O)N[C@](C)(C(N)=O)c1ccccc1. The minimum absolute atomic E-state index is 0.207. The Morgan fingerprint density at radius 1 is 1.21 bits per heavy atom. The van der Waals surface area contributed by atoms with Crippen LogP contribution in [-0.4, -0.2) is 17.6 Å². The van der Waals surface area contributed by atoms with E-state index in [1.54, 1.807) is 19.1 Å². The molecule has 4 nitrogen and oxygen atoms in total. The zero-order valence-electron chi connectivity index (χ0n) is 13.5. The number of nitrogens with one attached hydrogen (secondary N) is 1. The molecule has 2 rings (SSSR count). The van der Waals surface area contributed by atoms with E-state index in [0.29, 0.717) is 5.56 Å². The van der Waals surface area contributed by atoms with Gasteiger partial charge in [0.2, 0.25) is 11.8 Å². The van der Waals surface area contributed by atoms with Crippen LogP contribution in [0, 0.1) is 6.92 Å². The van der Waals surface area contributed by atoms with Crippen LogP contribution in [0.4, 0.5) is 0 Å². The maximum absolute atomic E-state index is 12.3. The molecule has 2 amide bonds. The lowest BCUT2D eigenvalue weighted by Crippen LogP contribution is -2.53. The van der Waals surface area contributed by atoms with Gasteiger partial charge in [0.25, 0.3) is 0 Å². The molecule has 3 N–H and O–H groups in total. The van der Waals surface area contributed by atoms with Crippen molar-refractivity contribution in [1.82, 2.24) is 5.32 Å². The van der Waals surface area contributed by atoms with Gasteiger partial charge in [-0.05, 0) is 43.2 Å². The normalized spacial score (nSPS) is 13.1. The third kappa shape index (κ3) is 4.39. The van der Waals surface area contributed by atoms with Crippen LogP contribution < -0.4 is 11.1 Å². The Balaban J connectivity index is 2.08. The molecule has 1 atom stereocenters. The van der Waals surface area contributed by atoms with Crippen LogP contribution in [-0.2, 0) is 15.1 Å².